The van der Waals surface area contributed by atoms with Crippen molar-refractivity contribution in [3.8, 4) is 0 Å². The normalized spacial score (nSPS) is 21.2. The zero-order chi connectivity index (χ0) is 18.9. The highest BCUT2D eigenvalue weighted by molar-refractivity contribution is 7.10. The van der Waals surface area contributed by atoms with Crippen molar-refractivity contribution in [3.63, 3.8) is 0 Å². The van der Waals surface area contributed by atoms with Crippen molar-refractivity contribution in [1.29, 1.82) is 0 Å². The number of urea groups is 1. The van der Waals surface area contributed by atoms with Gasteiger partial charge in [-0.1, -0.05) is 19.9 Å². The number of amides is 4. The van der Waals surface area contributed by atoms with Gasteiger partial charge in [-0.2, -0.15) is 0 Å². The van der Waals surface area contributed by atoms with Crippen molar-refractivity contribution in [3.05, 3.63) is 46.5 Å². The maximum absolute atomic E-state index is 12.7. The van der Waals surface area contributed by atoms with Gasteiger partial charge in [-0.25, -0.2) is 4.79 Å². The summed E-state index contributed by atoms with van der Waals surface area (Å²) < 4.78 is 5.28. The quantitative estimate of drug-likeness (QED) is 0.759. The Balaban J connectivity index is 1.71. The van der Waals surface area contributed by atoms with E-state index < -0.39 is 17.5 Å². The molecule has 1 fully saturated rings. The molecule has 7 nitrogen and oxygen atoms in total. The monoisotopic (exact) mass is 375 g/mol. The average molecular weight is 375 g/mol. The molecule has 0 saturated carbocycles. The van der Waals surface area contributed by atoms with Crippen molar-refractivity contribution in [2.45, 2.75) is 32.4 Å². The van der Waals surface area contributed by atoms with Crippen LogP contribution in [0, 0.1) is 5.92 Å². The number of carbonyl (C=O) groups excluding carboxylic acids is 3. The fourth-order valence-electron chi connectivity index (χ4n) is 2.97. The minimum absolute atomic E-state index is 0.167. The van der Waals surface area contributed by atoms with Crippen LogP contribution in [-0.4, -0.2) is 29.3 Å². The van der Waals surface area contributed by atoms with Crippen molar-refractivity contribution in [2.75, 3.05) is 6.54 Å². The summed E-state index contributed by atoms with van der Waals surface area (Å²) in [6, 6.07) is 6.36. The highest BCUT2D eigenvalue weighted by atomic mass is 32.1. The molecule has 3 heterocycles. The van der Waals surface area contributed by atoms with Gasteiger partial charge in [-0.3, -0.25) is 14.5 Å². The SMILES string of the molecule is CC(C)[C@H](NC(=O)CN1C(=O)N[C@](C)(c2ccco2)C1=O)c1cccs1. The number of furan rings is 1. The van der Waals surface area contributed by atoms with Crippen LogP contribution < -0.4 is 10.6 Å². The lowest BCUT2D eigenvalue weighted by molar-refractivity contribution is -0.135. The van der Waals surface area contributed by atoms with Gasteiger partial charge >= 0.3 is 6.03 Å². The molecule has 26 heavy (non-hydrogen) atoms. The minimum Gasteiger partial charge on any atom is -0.466 e. The van der Waals surface area contributed by atoms with Gasteiger partial charge in [-0.05, 0) is 36.4 Å². The van der Waals surface area contributed by atoms with Crippen LogP contribution in [-0.2, 0) is 15.1 Å². The molecule has 2 atom stereocenters. The standard InChI is InChI=1S/C18H21N3O4S/c1-11(2)15(12-6-5-9-26-12)19-14(22)10-21-16(23)18(3,20-17(21)24)13-7-4-8-25-13/h4-9,11,15H,10H2,1-3H3,(H,19,22)(H,20,24)/t15-,18+/m0/s1. The van der Waals surface area contributed by atoms with Gasteiger partial charge in [0.1, 0.15) is 12.3 Å². The molecule has 1 saturated heterocycles. The fourth-order valence-corrected chi connectivity index (χ4v) is 3.92. The maximum Gasteiger partial charge on any atom is 0.325 e. The zero-order valence-electron chi connectivity index (χ0n) is 14.8. The number of rotatable bonds is 6. The van der Waals surface area contributed by atoms with Crippen LogP contribution in [0.2, 0.25) is 0 Å². The van der Waals surface area contributed by atoms with E-state index in [2.05, 4.69) is 10.6 Å². The molecule has 1 aliphatic rings. The van der Waals surface area contributed by atoms with E-state index in [1.807, 2.05) is 31.4 Å². The second-order valence-corrected chi connectivity index (χ2v) is 7.71. The van der Waals surface area contributed by atoms with Gasteiger partial charge < -0.3 is 15.1 Å². The summed E-state index contributed by atoms with van der Waals surface area (Å²) >= 11 is 1.56. The summed E-state index contributed by atoms with van der Waals surface area (Å²) in [6.45, 7) is 5.24. The molecule has 2 aromatic rings. The van der Waals surface area contributed by atoms with Gasteiger partial charge in [0.25, 0.3) is 5.91 Å². The summed E-state index contributed by atoms with van der Waals surface area (Å²) in [5, 5.41) is 7.48. The van der Waals surface area contributed by atoms with Crippen LogP contribution in [0.15, 0.2) is 40.3 Å². The zero-order valence-corrected chi connectivity index (χ0v) is 15.6. The molecule has 3 rings (SSSR count). The Labute approximate surface area is 155 Å². The molecule has 0 unspecified atom stereocenters. The van der Waals surface area contributed by atoms with E-state index in [1.54, 1.807) is 30.4 Å². The van der Waals surface area contributed by atoms with E-state index >= 15 is 0 Å². The van der Waals surface area contributed by atoms with Gasteiger partial charge in [-0.15, -0.1) is 11.3 Å². The summed E-state index contributed by atoms with van der Waals surface area (Å²) in [4.78, 5) is 39.4. The van der Waals surface area contributed by atoms with E-state index in [0.717, 1.165) is 9.78 Å². The largest absolute Gasteiger partial charge is 0.466 e. The molecule has 0 aromatic carbocycles. The fraction of sp³-hybridized carbons (Fsp3) is 0.389. The summed E-state index contributed by atoms with van der Waals surface area (Å²) in [6.07, 6.45) is 1.43. The third-order valence-electron chi connectivity index (χ3n) is 4.42. The third kappa shape index (κ3) is 3.24. The number of carbonyl (C=O) groups is 3. The Bertz CT molecular complexity index is 801. The van der Waals surface area contributed by atoms with E-state index in [1.165, 1.54) is 6.26 Å². The van der Waals surface area contributed by atoms with E-state index in [-0.39, 0.29) is 24.4 Å². The molecule has 2 aromatic heterocycles. The highest BCUT2D eigenvalue weighted by Crippen LogP contribution is 2.29. The van der Waals surface area contributed by atoms with Crippen LogP contribution in [0.1, 0.15) is 37.5 Å². The third-order valence-corrected chi connectivity index (χ3v) is 5.38. The Kier molecular flexibility index (Phi) is 4.86. The Morgan fingerprint density at radius 3 is 2.69 bits per heavy atom. The predicted octanol–water partition coefficient (Wildman–Crippen LogP) is 2.62. The predicted molar refractivity (Wildman–Crippen MR) is 96.3 cm³/mol. The van der Waals surface area contributed by atoms with Gasteiger partial charge in [0.2, 0.25) is 5.91 Å². The lowest BCUT2D eigenvalue weighted by Crippen LogP contribution is -2.44. The molecule has 0 spiro atoms. The molecule has 2 N–H and O–H groups in total. The number of hydrogen-bond donors (Lipinski definition) is 2. The first kappa shape index (κ1) is 18.2. The first-order valence-electron chi connectivity index (χ1n) is 8.34. The van der Waals surface area contributed by atoms with E-state index in [9.17, 15) is 14.4 Å². The molecule has 0 aliphatic carbocycles. The summed E-state index contributed by atoms with van der Waals surface area (Å²) in [5.74, 6) is -0.388. The Morgan fingerprint density at radius 1 is 1.35 bits per heavy atom. The van der Waals surface area contributed by atoms with Gasteiger partial charge in [0, 0.05) is 4.88 Å². The average Bonchev–Trinajstić information content (AvgIpc) is 3.32. The lowest BCUT2D eigenvalue weighted by atomic mass is 9.99. The highest BCUT2D eigenvalue weighted by Gasteiger charge is 2.51. The molecular weight excluding hydrogens is 354 g/mol. The van der Waals surface area contributed by atoms with E-state index in [4.69, 9.17) is 4.42 Å². The molecule has 138 valence electrons. The number of imide groups is 1. The van der Waals surface area contributed by atoms with Gasteiger partial charge in [0.15, 0.2) is 5.54 Å². The number of hydrogen-bond acceptors (Lipinski definition) is 5. The van der Waals surface area contributed by atoms with Gasteiger partial charge in [0.05, 0.1) is 12.3 Å². The number of thiophene rings is 1. The summed E-state index contributed by atoms with van der Waals surface area (Å²) in [5.41, 5.74) is -1.30. The van der Waals surface area contributed by atoms with Crippen LogP contribution >= 0.6 is 11.3 Å². The molecular formula is C18H21N3O4S. The van der Waals surface area contributed by atoms with Crippen molar-refractivity contribution in [1.82, 2.24) is 15.5 Å². The van der Waals surface area contributed by atoms with Crippen LogP contribution in [0.4, 0.5) is 4.79 Å². The molecule has 0 bridgehead atoms. The lowest BCUT2D eigenvalue weighted by Gasteiger charge is -2.23. The molecule has 8 heteroatoms. The number of nitrogens with one attached hydrogen (secondary N) is 2. The molecule has 4 amide bonds. The van der Waals surface area contributed by atoms with Crippen molar-refractivity contribution in [2.24, 2.45) is 5.92 Å². The Hall–Kier alpha value is -2.61. The smallest absolute Gasteiger partial charge is 0.325 e. The van der Waals surface area contributed by atoms with Crippen LogP contribution in [0.3, 0.4) is 0 Å². The second-order valence-electron chi connectivity index (χ2n) is 6.73. The topological polar surface area (TPSA) is 91.7 Å². The Morgan fingerprint density at radius 2 is 2.12 bits per heavy atom. The van der Waals surface area contributed by atoms with E-state index in [0.29, 0.717) is 5.76 Å². The first-order valence-corrected chi connectivity index (χ1v) is 9.21. The summed E-state index contributed by atoms with van der Waals surface area (Å²) in [7, 11) is 0. The number of nitrogens with zero attached hydrogens (tertiary/aromatic N) is 1. The maximum atomic E-state index is 12.7. The van der Waals surface area contributed by atoms with Crippen LogP contribution in [0.25, 0.3) is 0 Å². The molecule has 0 radical (unpaired) electrons. The van der Waals surface area contributed by atoms with Crippen molar-refractivity contribution < 1.29 is 18.8 Å². The van der Waals surface area contributed by atoms with Crippen LogP contribution in [0.5, 0.6) is 0 Å². The first-order chi connectivity index (χ1) is 12.3. The van der Waals surface area contributed by atoms with Crippen molar-refractivity contribution >= 4 is 29.2 Å². The minimum atomic E-state index is -1.30. The molecule has 1 aliphatic heterocycles. The second kappa shape index (κ2) is 6.95.